The highest BCUT2D eigenvalue weighted by molar-refractivity contribution is 7.45. The number of quaternary nitrogens is 1. The molecule has 0 rings (SSSR count). The fourth-order valence-corrected chi connectivity index (χ4v) is 6.72. The molecule has 0 saturated heterocycles. The van der Waals surface area contributed by atoms with E-state index in [0.29, 0.717) is 23.9 Å². The van der Waals surface area contributed by atoms with Crippen LogP contribution in [0.5, 0.6) is 0 Å². The zero-order valence-electron chi connectivity index (χ0n) is 35.7. The minimum atomic E-state index is -4.63. The average molecular weight is 786 g/mol. The van der Waals surface area contributed by atoms with Gasteiger partial charge in [0.1, 0.15) is 19.8 Å². The van der Waals surface area contributed by atoms with Crippen LogP contribution in [-0.4, -0.2) is 70.0 Å². The standard InChI is InChI=1S/C44H84NO8P/c1-6-8-10-12-14-16-18-20-21-22-23-25-26-28-30-32-34-36-43(46)50-40-42(41-52-54(48,49)51-39-38-45(3,4)5)53-44(47)37-35-33-31-29-27-24-19-17-15-13-11-9-7-2/h23,25,28,30,42H,6-22,24,26-27,29,31-41H2,1-5H3/b25-23+,30-28+/t42-/m1/s1. The van der Waals surface area contributed by atoms with E-state index in [9.17, 15) is 19.0 Å². The van der Waals surface area contributed by atoms with Crippen LogP contribution in [-0.2, 0) is 32.7 Å². The predicted molar refractivity (Wildman–Crippen MR) is 222 cm³/mol. The Morgan fingerprint density at radius 1 is 0.574 bits per heavy atom. The summed E-state index contributed by atoms with van der Waals surface area (Å²) in [6.07, 6.45) is 39.2. The van der Waals surface area contributed by atoms with Gasteiger partial charge in [-0.15, -0.1) is 0 Å². The summed E-state index contributed by atoms with van der Waals surface area (Å²) in [5.41, 5.74) is 0. The largest absolute Gasteiger partial charge is 0.756 e. The molecule has 0 heterocycles. The molecular weight excluding hydrogens is 701 g/mol. The van der Waals surface area contributed by atoms with Gasteiger partial charge in [0.05, 0.1) is 27.7 Å². The maximum absolute atomic E-state index is 12.6. The first-order valence-electron chi connectivity index (χ1n) is 22.0. The van der Waals surface area contributed by atoms with E-state index >= 15 is 0 Å². The van der Waals surface area contributed by atoms with Gasteiger partial charge in [-0.05, 0) is 38.5 Å². The second-order valence-corrected chi connectivity index (χ2v) is 17.5. The number of nitrogens with zero attached hydrogens (tertiary/aromatic N) is 1. The van der Waals surface area contributed by atoms with Crippen LogP contribution < -0.4 is 4.89 Å². The molecule has 0 aromatic rings. The molecule has 9 nitrogen and oxygen atoms in total. The zero-order chi connectivity index (χ0) is 40.0. The highest BCUT2D eigenvalue weighted by Gasteiger charge is 2.21. The maximum Gasteiger partial charge on any atom is 0.306 e. The van der Waals surface area contributed by atoms with E-state index in [2.05, 4.69) is 38.2 Å². The van der Waals surface area contributed by atoms with Gasteiger partial charge in [-0.25, -0.2) is 0 Å². The second-order valence-electron chi connectivity index (χ2n) is 16.1. The average Bonchev–Trinajstić information content (AvgIpc) is 3.12. The number of phosphoric acid groups is 1. The highest BCUT2D eigenvalue weighted by Crippen LogP contribution is 2.38. The van der Waals surface area contributed by atoms with Crippen molar-refractivity contribution in [3.8, 4) is 0 Å². The molecule has 0 aliphatic carbocycles. The third-order valence-corrected chi connectivity index (χ3v) is 10.4. The lowest BCUT2D eigenvalue weighted by Gasteiger charge is -2.28. The van der Waals surface area contributed by atoms with E-state index in [1.807, 2.05) is 21.1 Å². The van der Waals surface area contributed by atoms with Crippen LogP contribution in [0.25, 0.3) is 0 Å². The van der Waals surface area contributed by atoms with E-state index in [0.717, 1.165) is 38.5 Å². The fourth-order valence-electron chi connectivity index (χ4n) is 5.99. The Morgan fingerprint density at radius 3 is 1.52 bits per heavy atom. The Morgan fingerprint density at radius 2 is 1.02 bits per heavy atom. The number of likely N-dealkylation sites (N-methyl/N-ethyl adjacent to an activating group) is 1. The van der Waals surface area contributed by atoms with Gasteiger partial charge in [0, 0.05) is 12.8 Å². The number of esters is 2. The van der Waals surface area contributed by atoms with Crippen molar-refractivity contribution in [2.45, 2.75) is 200 Å². The molecule has 10 heteroatoms. The molecule has 54 heavy (non-hydrogen) atoms. The Hall–Kier alpha value is -1.51. The van der Waals surface area contributed by atoms with Crippen LogP contribution in [0.1, 0.15) is 194 Å². The van der Waals surface area contributed by atoms with E-state index in [1.54, 1.807) is 0 Å². The van der Waals surface area contributed by atoms with Crippen molar-refractivity contribution < 1.29 is 42.1 Å². The Balaban J connectivity index is 4.40. The van der Waals surface area contributed by atoms with E-state index in [1.165, 1.54) is 116 Å². The molecule has 0 amide bonds. The number of phosphoric ester groups is 1. The summed E-state index contributed by atoms with van der Waals surface area (Å²) in [6.45, 7) is 4.19. The van der Waals surface area contributed by atoms with Crippen LogP contribution >= 0.6 is 7.82 Å². The van der Waals surface area contributed by atoms with Crippen molar-refractivity contribution >= 4 is 19.8 Å². The van der Waals surface area contributed by atoms with Gasteiger partial charge < -0.3 is 27.9 Å². The molecule has 0 aromatic heterocycles. The van der Waals surface area contributed by atoms with Crippen molar-refractivity contribution in [1.82, 2.24) is 0 Å². The first-order valence-corrected chi connectivity index (χ1v) is 23.5. The first-order chi connectivity index (χ1) is 26.0. The molecule has 0 saturated carbocycles. The van der Waals surface area contributed by atoms with Gasteiger partial charge in [-0.3, -0.25) is 14.2 Å². The number of ether oxygens (including phenoxy) is 2. The van der Waals surface area contributed by atoms with E-state index < -0.39 is 32.5 Å². The summed E-state index contributed by atoms with van der Waals surface area (Å²) in [5.74, 6) is -0.881. The number of carbonyl (C=O) groups excluding carboxylic acids is 2. The molecule has 0 radical (unpaired) electrons. The number of hydrogen-bond acceptors (Lipinski definition) is 8. The SMILES string of the molecule is CCCCCCCCCCC/C=C/C/C=C/CCCC(=O)OC[C@H](COP(=O)([O-])OCC[N+](C)(C)C)OC(=O)CCCCCCCCCCCCCCC. The van der Waals surface area contributed by atoms with Crippen molar-refractivity contribution in [3.05, 3.63) is 24.3 Å². The number of carbonyl (C=O) groups is 2. The van der Waals surface area contributed by atoms with E-state index in [4.69, 9.17) is 18.5 Å². The summed E-state index contributed by atoms with van der Waals surface area (Å²) in [6, 6.07) is 0. The Labute approximate surface area is 332 Å². The lowest BCUT2D eigenvalue weighted by Crippen LogP contribution is -2.37. The quantitative estimate of drug-likeness (QED) is 0.0198. The van der Waals surface area contributed by atoms with Gasteiger partial charge in [0.15, 0.2) is 6.10 Å². The predicted octanol–water partition coefficient (Wildman–Crippen LogP) is 11.7. The highest BCUT2D eigenvalue weighted by atomic mass is 31.2. The molecule has 0 aliphatic rings. The number of rotatable bonds is 40. The number of allylic oxidation sites excluding steroid dienone is 4. The van der Waals surface area contributed by atoms with Crippen molar-refractivity contribution in [1.29, 1.82) is 0 Å². The molecule has 2 atom stereocenters. The maximum atomic E-state index is 12.6. The number of hydrogen-bond donors (Lipinski definition) is 0. The molecule has 0 fully saturated rings. The van der Waals surface area contributed by atoms with Gasteiger partial charge in [0.2, 0.25) is 0 Å². The van der Waals surface area contributed by atoms with Crippen molar-refractivity contribution in [2.24, 2.45) is 0 Å². The second kappa shape index (κ2) is 37.1. The van der Waals surface area contributed by atoms with Crippen LogP contribution in [0.3, 0.4) is 0 Å². The minimum absolute atomic E-state index is 0.0349. The van der Waals surface area contributed by atoms with Gasteiger partial charge in [-0.1, -0.05) is 167 Å². The summed E-state index contributed by atoms with van der Waals surface area (Å²) >= 11 is 0. The summed E-state index contributed by atoms with van der Waals surface area (Å²) in [7, 11) is 1.15. The van der Waals surface area contributed by atoms with Crippen LogP contribution in [0, 0.1) is 0 Å². The number of unbranched alkanes of at least 4 members (excludes halogenated alkanes) is 22. The Kier molecular flexibility index (Phi) is 36.1. The van der Waals surface area contributed by atoms with Crippen molar-refractivity contribution in [3.63, 3.8) is 0 Å². The molecular formula is C44H84NO8P. The lowest BCUT2D eigenvalue weighted by molar-refractivity contribution is -0.870. The van der Waals surface area contributed by atoms with Crippen LogP contribution in [0.4, 0.5) is 0 Å². The molecule has 0 aliphatic heterocycles. The zero-order valence-corrected chi connectivity index (χ0v) is 36.6. The topological polar surface area (TPSA) is 111 Å². The molecule has 1 unspecified atom stereocenters. The van der Waals surface area contributed by atoms with Gasteiger partial charge in [-0.2, -0.15) is 0 Å². The molecule has 318 valence electrons. The smallest absolute Gasteiger partial charge is 0.306 e. The first kappa shape index (κ1) is 52.5. The minimum Gasteiger partial charge on any atom is -0.756 e. The normalized spacial score (nSPS) is 13.8. The van der Waals surface area contributed by atoms with Crippen molar-refractivity contribution in [2.75, 3.05) is 47.5 Å². The van der Waals surface area contributed by atoms with Gasteiger partial charge >= 0.3 is 11.9 Å². The summed E-state index contributed by atoms with van der Waals surface area (Å²) in [4.78, 5) is 37.5. The summed E-state index contributed by atoms with van der Waals surface area (Å²) < 4.78 is 33.8. The third-order valence-electron chi connectivity index (χ3n) is 9.47. The Bertz CT molecular complexity index is 980. The molecule has 0 N–H and O–H groups in total. The summed E-state index contributed by atoms with van der Waals surface area (Å²) in [5, 5.41) is 0. The molecule has 0 spiro atoms. The third kappa shape index (κ3) is 40.2. The van der Waals surface area contributed by atoms with Gasteiger partial charge in [0.25, 0.3) is 7.82 Å². The van der Waals surface area contributed by atoms with E-state index in [-0.39, 0.29) is 26.1 Å². The monoisotopic (exact) mass is 786 g/mol. The molecule has 0 bridgehead atoms. The van der Waals surface area contributed by atoms with Crippen LogP contribution in [0.15, 0.2) is 24.3 Å². The molecule has 0 aromatic carbocycles. The lowest BCUT2D eigenvalue weighted by atomic mass is 10.0. The fraction of sp³-hybridized carbons (Fsp3) is 0.864. The van der Waals surface area contributed by atoms with Crippen LogP contribution in [0.2, 0.25) is 0 Å².